The van der Waals surface area contributed by atoms with Gasteiger partial charge >= 0.3 is 0 Å². The van der Waals surface area contributed by atoms with Crippen LogP contribution in [0.4, 0.5) is 0 Å². The van der Waals surface area contributed by atoms with E-state index in [9.17, 15) is 0 Å². The van der Waals surface area contributed by atoms with Gasteiger partial charge in [0.25, 0.3) is 0 Å². The molecule has 1 aromatic heterocycles. The number of rotatable bonds is 6. The lowest BCUT2D eigenvalue weighted by Gasteiger charge is -2.26. The number of hydrogen-bond acceptors (Lipinski definition) is 5. The molecular weight excluding hydrogens is 252 g/mol. The van der Waals surface area contributed by atoms with Gasteiger partial charge in [-0.25, -0.2) is 4.98 Å². The van der Waals surface area contributed by atoms with Gasteiger partial charge in [0.05, 0.1) is 6.61 Å². The Morgan fingerprint density at radius 3 is 2.65 bits per heavy atom. The van der Waals surface area contributed by atoms with Crippen LogP contribution in [-0.4, -0.2) is 49.2 Å². The Balaban J connectivity index is 0.000000956. The van der Waals surface area contributed by atoms with Crippen molar-refractivity contribution >= 4 is 0 Å². The fraction of sp³-hybridized carbons (Fsp3) is 0.667. The molecule has 1 saturated heterocycles. The van der Waals surface area contributed by atoms with Crippen LogP contribution in [0.15, 0.2) is 18.3 Å². The molecule has 0 radical (unpaired) electrons. The Morgan fingerprint density at radius 2 is 2.05 bits per heavy atom. The van der Waals surface area contributed by atoms with Crippen LogP contribution in [0.1, 0.15) is 25.8 Å². The van der Waals surface area contributed by atoms with Crippen molar-refractivity contribution in [2.75, 3.05) is 39.3 Å². The SMILES string of the molecule is CC.NCc1ccc(OCCCN2CCNCC2)nc1. The zero-order chi connectivity index (χ0) is 14.6. The lowest BCUT2D eigenvalue weighted by molar-refractivity contribution is 0.211. The molecule has 0 bridgehead atoms. The average Bonchev–Trinajstić information content (AvgIpc) is 2.55. The summed E-state index contributed by atoms with van der Waals surface area (Å²) >= 11 is 0. The van der Waals surface area contributed by atoms with E-state index >= 15 is 0 Å². The Morgan fingerprint density at radius 1 is 1.30 bits per heavy atom. The van der Waals surface area contributed by atoms with Gasteiger partial charge in [0.1, 0.15) is 0 Å². The smallest absolute Gasteiger partial charge is 0.213 e. The number of pyridine rings is 1. The van der Waals surface area contributed by atoms with Crippen LogP contribution in [0.3, 0.4) is 0 Å². The van der Waals surface area contributed by atoms with Gasteiger partial charge in [0, 0.05) is 51.5 Å². The van der Waals surface area contributed by atoms with Crippen LogP contribution in [0.5, 0.6) is 5.88 Å². The molecule has 3 N–H and O–H groups in total. The quantitative estimate of drug-likeness (QED) is 0.768. The van der Waals surface area contributed by atoms with Gasteiger partial charge in [0.15, 0.2) is 0 Å². The van der Waals surface area contributed by atoms with Crippen LogP contribution in [0.2, 0.25) is 0 Å². The first-order valence-electron chi connectivity index (χ1n) is 7.59. The van der Waals surface area contributed by atoms with Crippen LogP contribution < -0.4 is 15.8 Å². The van der Waals surface area contributed by atoms with E-state index in [2.05, 4.69) is 15.2 Å². The fourth-order valence-corrected chi connectivity index (χ4v) is 2.02. The number of ether oxygens (including phenoxy) is 1. The minimum Gasteiger partial charge on any atom is -0.478 e. The number of hydrogen-bond donors (Lipinski definition) is 2. The van der Waals surface area contributed by atoms with E-state index in [4.69, 9.17) is 10.5 Å². The maximum absolute atomic E-state index is 5.60. The third kappa shape index (κ3) is 6.32. The second kappa shape index (κ2) is 10.6. The maximum Gasteiger partial charge on any atom is 0.213 e. The molecule has 5 heteroatoms. The van der Waals surface area contributed by atoms with Crippen LogP contribution >= 0.6 is 0 Å². The lowest BCUT2D eigenvalue weighted by atomic mass is 10.3. The number of aromatic nitrogens is 1. The minimum atomic E-state index is 0.524. The third-order valence-electron chi connectivity index (χ3n) is 3.11. The highest BCUT2D eigenvalue weighted by Gasteiger charge is 2.08. The predicted octanol–water partition coefficient (Wildman–Crippen LogP) is 1.24. The summed E-state index contributed by atoms with van der Waals surface area (Å²) in [6.45, 7) is 10.8. The van der Waals surface area contributed by atoms with E-state index in [1.807, 2.05) is 26.0 Å². The summed E-state index contributed by atoms with van der Waals surface area (Å²) in [4.78, 5) is 6.67. The normalized spacial score (nSPS) is 15.3. The molecule has 114 valence electrons. The standard InChI is InChI=1S/C13H22N4O.C2H6/c14-10-12-2-3-13(16-11-12)18-9-1-6-17-7-4-15-5-8-17;1-2/h2-3,11,15H,1,4-10,14H2;1-2H3. The zero-order valence-electron chi connectivity index (χ0n) is 12.8. The molecule has 20 heavy (non-hydrogen) atoms. The highest BCUT2D eigenvalue weighted by atomic mass is 16.5. The molecule has 0 atom stereocenters. The van der Waals surface area contributed by atoms with Crippen molar-refractivity contribution in [2.45, 2.75) is 26.8 Å². The summed E-state index contributed by atoms with van der Waals surface area (Å²) in [6.07, 6.45) is 2.81. The molecule has 0 amide bonds. The van der Waals surface area contributed by atoms with Crippen molar-refractivity contribution < 1.29 is 4.74 Å². The Hall–Kier alpha value is -1.17. The first-order chi connectivity index (χ1) is 9.88. The molecule has 2 heterocycles. The minimum absolute atomic E-state index is 0.524. The van der Waals surface area contributed by atoms with Gasteiger partial charge < -0.3 is 20.7 Å². The second-order valence-electron chi connectivity index (χ2n) is 4.50. The summed E-state index contributed by atoms with van der Waals surface area (Å²) in [5.74, 6) is 0.688. The van der Waals surface area contributed by atoms with Crippen LogP contribution in [0, 0.1) is 0 Å². The summed E-state index contributed by atoms with van der Waals surface area (Å²) in [5, 5.41) is 3.35. The fourth-order valence-electron chi connectivity index (χ4n) is 2.02. The van der Waals surface area contributed by atoms with Gasteiger partial charge in [-0.05, 0) is 12.0 Å². The van der Waals surface area contributed by atoms with E-state index in [0.29, 0.717) is 12.4 Å². The maximum atomic E-state index is 5.60. The van der Waals surface area contributed by atoms with E-state index < -0.39 is 0 Å². The third-order valence-corrected chi connectivity index (χ3v) is 3.11. The van der Waals surface area contributed by atoms with Gasteiger partial charge in [-0.3, -0.25) is 0 Å². The van der Waals surface area contributed by atoms with E-state index in [1.54, 1.807) is 6.20 Å². The monoisotopic (exact) mass is 280 g/mol. The summed E-state index contributed by atoms with van der Waals surface area (Å²) in [6, 6.07) is 3.84. The molecule has 0 saturated carbocycles. The van der Waals surface area contributed by atoms with E-state index in [-0.39, 0.29) is 0 Å². The molecule has 0 aliphatic carbocycles. The van der Waals surface area contributed by atoms with E-state index in [1.165, 1.54) is 0 Å². The molecule has 0 unspecified atom stereocenters. The van der Waals surface area contributed by atoms with Gasteiger partial charge in [-0.15, -0.1) is 0 Å². The van der Waals surface area contributed by atoms with Gasteiger partial charge in [-0.1, -0.05) is 19.9 Å². The first-order valence-corrected chi connectivity index (χ1v) is 7.59. The van der Waals surface area contributed by atoms with Gasteiger partial charge in [0.2, 0.25) is 5.88 Å². The Kier molecular flexibility index (Phi) is 8.95. The Labute approximate surface area is 122 Å². The molecule has 1 aromatic rings. The zero-order valence-corrected chi connectivity index (χ0v) is 12.8. The highest BCUT2D eigenvalue weighted by molar-refractivity contribution is 5.17. The van der Waals surface area contributed by atoms with Crippen molar-refractivity contribution in [3.8, 4) is 5.88 Å². The van der Waals surface area contributed by atoms with Crippen molar-refractivity contribution in [3.63, 3.8) is 0 Å². The average molecular weight is 280 g/mol. The van der Waals surface area contributed by atoms with Crippen molar-refractivity contribution in [3.05, 3.63) is 23.9 Å². The molecule has 0 aromatic carbocycles. The lowest BCUT2D eigenvalue weighted by Crippen LogP contribution is -2.43. The molecule has 1 aliphatic heterocycles. The Bertz CT molecular complexity index is 336. The summed E-state index contributed by atoms with van der Waals surface area (Å²) < 4.78 is 5.60. The predicted molar refractivity (Wildman–Crippen MR) is 82.9 cm³/mol. The van der Waals surface area contributed by atoms with E-state index in [0.717, 1.165) is 51.3 Å². The van der Waals surface area contributed by atoms with Crippen LogP contribution in [0.25, 0.3) is 0 Å². The van der Waals surface area contributed by atoms with Crippen LogP contribution in [-0.2, 0) is 6.54 Å². The highest BCUT2D eigenvalue weighted by Crippen LogP contribution is 2.07. The molecule has 2 rings (SSSR count). The molecular formula is C15H28N4O. The van der Waals surface area contributed by atoms with Crippen molar-refractivity contribution in [1.29, 1.82) is 0 Å². The molecule has 5 nitrogen and oxygen atoms in total. The summed E-state index contributed by atoms with van der Waals surface area (Å²) in [7, 11) is 0. The molecule has 0 spiro atoms. The number of piperazine rings is 1. The first kappa shape index (κ1) is 16.9. The molecule has 1 fully saturated rings. The number of nitrogens with one attached hydrogen (secondary N) is 1. The molecule has 1 aliphatic rings. The topological polar surface area (TPSA) is 63.4 Å². The van der Waals surface area contributed by atoms with Crippen molar-refractivity contribution in [2.24, 2.45) is 5.73 Å². The number of nitrogens with two attached hydrogens (primary N) is 1. The summed E-state index contributed by atoms with van der Waals surface area (Å²) in [5.41, 5.74) is 6.54. The largest absolute Gasteiger partial charge is 0.478 e. The number of nitrogens with zero attached hydrogens (tertiary/aromatic N) is 2. The van der Waals surface area contributed by atoms with Crippen molar-refractivity contribution in [1.82, 2.24) is 15.2 Å². The second-order valence-corrected chi connectivity index (χ2v) is 4.50. The van der Waals surface area contributed by atoms with Gasteiger partial charge in [-0.2, -0.15) is 0 Å².